The molecule has 0 saturated heterocycles. The van der Waals surface area contributed by atoms with E-state index in [4.69, 9.17) is 14.2 Å². The highest BCUT2D eigenvalue weighted by Crippen LogP contribution is 2.29. The zero-order chi connectivity index (χ0) is 47.2. The molecule has 374 valence electrons. The van der Waals surface area contributed by atoms with Gasteiger partial charge in [-0.3, -0.25) is 9.59 Å². The number of hydrogen-bond acceptors (Lipinski definition) is 7. The van der Waals surface area contributed by atoms with E-state index >= 15 is 0 Å². The second kappa shape index (κ2) is 38.3. The maximum atomic E-state index is 13.1. The maximum absolute atomic E-state index is 13.1. The largest absolute Gasteiger partial charge is 0.465 e. The van der Waals surface area contributed by atoms with Gasteiger partial charge in [-0.05, 0) is 125 Å². The van der Waals surface area contributed by atoms with Crippen molar-refractivity contribution in [1.82, 2.24) is 10.2 Å². The lowest BCUT2D eigenvalue weighted by Crippen LogP contribution is -2.38. The van der Waals surface area contributed by atoms with Crippen LogP contribution in [0.15, 0.2) is 0 Å². The third-order valence-electron chi connectivity index (χ3n) is 13.1. The molecule has 0 aliphatic carbocycles. The average Bonchev–Trinajstić information content (AvgIpc) is 3.22. The zero-order valence-electron chi connectivity index (χ0n) is 44.0. The fourth-order valence-electron chi connectivity index (χ4n) is 8.74. The van der Waals surface area contributed by atoms with Crippen LogP contribution < -0.4 is 5.32 Å². The number of esters is 2. The molecule has 63 heavy (non-hydrogen) atoms. The number of hydrogen-bond donors (Lipinski definition) is 1. The Morgan fingerprint density at radius 1 is 0.444 bits per heavy atom. The minimum Gasteiger partial charge on any atom is -0.465 e. The standard InChI is InChI=1S/C55H108N2O6/c1-12-16-24-34-48(35-25-17-13-2)38-32-46-61-50(58)54(8,9)40-28-20-22-30-43-57(45-42-56-52(60)63-53(5,6)7)44-31-23-21-29-41-55(10,11)51(59)62-47-33-39-49(36-26-18-14-3)37-27-19-15-4/h48-49H,12-47H2,1-11H3,(H,56,60). The Morgan fingerprint density at radius 2 is 0.794 bits per heavy atom. The van der Waals surface area contributed by atoms with Crippen LogP contribution in [0, 0.1) is 22.7 Å². The zero-order valence-corrected chi connectivity index (χ0v) is 44.0. The first kappa shape index (κ1) is 61.2. The summed E-state index contributed by atoms with van der Waals surface area (Å²) in [4.78, 5) is 40.9. The molecule has 0 aliphatic rings. The van der Waals surface area contributed by atoms with E-state index in [2.05, 4.69) is 37.9 Å². The van der Waals surface area contributed by atoms with Crippen LogP contribution in [-0.4, -0.2) is 67.9 Å². The van der Waals surface area contributed by atoms with Gasteiger partial charge in [0.15, 0.2) is 0 Å². The van der Waals surface area contributed by atoms with Crippen molar-refractivity contribution in [2.24, 2.45) is 22.7 Å². The van der Waals surface area contributed by atoms with E-state index in [1.807, 2.05) is 48.5 Å². The van der Waals surface area contributed by atoms with E-state index < -0.39 is 16.4 Å². The number of nitrogens with zero attached hydrogens (tertiary/aromatic N) is 1. The van der Waals surface area contributed by atoms with Crippen LogP contribution in [0.25, 0.3) is 0 Å². The van der Waals surface area contributed by atoms with Crippen molar-refractivity contribution in [3.63, 3.8) is 0 Å². The van der Waals surface area contributed by atoms with E-state index in [0.29, 0.717) is 19.8 Å². The molecule has 8 nitrogen and oxygen atoms in total. The third-order valence-corrected chi connectivity index (χ3v) is 13.1. The Bertz CT molecular complexity index is 1010. The molecule has 0 aromatic rings. The molecular formula is C55H108N2O6. The first-order chi connectivity index (χ1) is 30.0. The van der Waals surface area contributed by atoms with Gasteiger partial charge in [0, 0.05) is 13.1 Å². The topological polar surface area (TPSA) is 94.2 Å². The summed E-state index contributed by atoms with van der Waals surface area (Å²) in [6.45, 7) is 27.3. The molecular weight excluding hydrogens is 785 g/mol. The van der Waals surface area contributed by atoms with E-state index in [9.17, 15) is 14.4 Å². The number of rotatable bonds is 43. The second-order valence-electron chi connectivity index (χ2n) is 21.6. The number of carbonyl (C=O) groups is 3. The van der Waals surface area contributed by atoms with E-state index in [1.165, 1.54) is 116 Å². The van der Waals surface area contributed by atoms with Gasteiger partial charge < -0.3 is 24.4 Å². The highest BCUT2D eigenvalue weighted by Gasteiger charge is 2.30. The Labute approximate surface area is 392 Å². The molecule has 8 heteroatoms. The maximum Gasteiger partial charge on any atom is 0.407 e. The second-order valence-corrected chi connectivity index (χ2v) is 21.6. The summed E-state index contributed by atoms with van der Waals surface area (Å²) in [5.74, 6) is 1.44. The summed E-state index contributed by atoms with van der Waals surface area (Å²) >= 11 is 0. The van der Waals surface area contributed by atoms with Crippen molar-refractivity contribution < 1.29 is 28.6 Å². The SMILES string of the molecule is CCCCCC(CCCCC)CCCOC(=O)C(C)(C)CCCCCCN(CCCCCCC(C)(C)C(=O)OCCCC(CCCCC)CCCCC)CCNC(=O)OC(C)(C)C. The van der Waals surface area contributed by atoms with Crippen molar-refractivity contribution in [3.05, 3.63) is 0 Å². The van der Waals surface area contributed by atoms with E-state index in [1.54, 1.807) is 0 Å². The lowest BCUT2D eigenvalue weighted by atomic mass is 9.87. The monoisotopic (exact) mass is 893 g/mol. The average molecular weight is 893 g/mol. The van der Waals surface area contributed by atoms with Crippen molar-refractivity contribution >= 4 is 18.0 Å². The van der Waals surface area contributed by atoms with Crippen molar-refractivity contribution in [2.45, 2.75) is 274 Å². The first-order valence-electron chi connectivity index (χ1n) is 27.0. The lowest BCUT2D eigenvalue weighted by molar-refractivity contribution is -0.155. The summed E-state index contributed by atoms with van der Waals surface area (Å²) in [5, 5.41) is 2.94. The third kappa shape index (κ3) is 36.0. The predicted octanol–water partition coefficient (Wildman–Crippen LogP) is 16.0. The highest BCUT2D eigenvalue weighted by atomic mass is 16.6. The molecule has 0 fully saturated rings. The number of carbonyl (C=O) groups excluding carboxylic acids is 3. The molecule has 1 N–H and O–H groups in total. The summed E-state index contributed by atoms with van der Waals surface area (Å²) in [7, 11) is 0. The van der Waals surface area contributed by atoms with Crippen LogP contribution in [0.5, 0.6) is 0 Å². The van der Waals surface area contributed by atoms with Gasteiger partial charge in [-0.2, -0.15) is 0 Å². The molecule has 0 saturated carbocycles. The molecule has 0 radical (unpaired) electrons. The molecule has 0 bridgehead atoms. The Kier molecular flexibility index (Phi) is 37.2. The van der Waals surface area contributed by atoms with Gasteiger partial charge in [-0.15, -0.1) is 0 Å². The number of nitrogens with one attached hydrogen (secondary N) is 1. The fraction of sp³-hybridized carbons (Fsp3) is 0.945. The van der Waals surface area contributed by atoms with Gasteiger partial charge in [0.2, 0.25) is 0 Å². The minimum atomic E-state index is -0.518. The summed E-state index contributed by atoms with van der Waals surface area (Å²) in [5.41, 5.74) is -1.43. The minimum absolute atomic E-state index is 0.0481. The summed E-state index contributed by atoms with van der Waals surface area (Å²) in [6.07, 6.45) is 35.1. The van der Waals surface area contributed by atoms with Gasteiger partial charge in [-0.25, -0.2) is 4.79 Å². The molecule has 0 aromatic heterocycles. The number of ether oxygens (including phenoxy) is 3. The molecule has 0 atom stereocenters. The van der Waals surface area contributed by atoms with E-state index in [-0.39, 0.29) is 18.0 Å². The van der Waals surface area contributed by atoms with Crippen molar-refractivity contribution in [3.8, 4) is 0 Å². The van der Waals surface area contributed by atoms with Gasteiger partial charge >= 0.3 is 18.0 Å². The first-order valence-corrected chi connectivity index (χ1v) is 27.0. The molecule has 0 aliphatic heterocycles. The Morgan fingerprint density at radius 3 is 1.14 bits per heavy atom. The molecule has 0 aromatic carbocycles. The number of unbranched alkanes of at least 4 members (excludes halogenated alkanes) is 14. The normalized spacial score (nSPS) is 12.4. The van der Waals surface area contributed by atoms with Gasteiger partial charge in [-0.1, -0.05) is 169 Å². The van der Waals surface area contributed by atoms with Gasteiger partial charge in [0.05, 0.1) is 24.0 Å². The molecule has 0 unspecified atom stereocenters. The Balaban J connectivity index is 4.71. The highest BCUT2D eigenvalue weighted by molar-refractivity contribution is 5.76. The van der Waals surface area contributed by atoms with E-state index in [0.717, 1.165) is 109 Å². The molecule has 1 amide bonds. The molecule has 0 rings (SSSR count). The summed E-state index contributed by atoms with van der Waals surface area (Å²) < 4.78 is 17.1. The fourth-order valence-corrected chi connectivity index (χ4v) is 8.74. The van der Waals surface area contributed by atoms with Crippen molar-refractivity contribution in [2.75, 3.05) is 39.4 Å². The van der Waals surface area contributed by atoms with Gasteiger partial charge in [0.25, 0.3) is 0 Å². The van der Waals surface area contributed by atoms with Crippen LogP contribution >= 0.6 is 0 Å². The lowest BCUT2D eigenvalue weighted by Gasteiger charge is -2.25. The van der Waals surface area contributed by atoms with Crippen molar-refractivity contribution in [1.29, 1.82) is 0 Å². The van der Waals surface area contributed by atoms with Crippen LogP contribution in [-0.2, 0) is 23.8 Å². The van der Waals surface area contributed by atoms with Crippen LogP contribution in [0.3, 0.4) is 0 Å². The molecule has 0 spiro atoms. The number of amides is 1. The predicted molar refractivity (Wildman–Crippen MR) is 268 cm³/mol. The smallest absolute Gasteiger partial charge is 0.407 e. The van der Waals surface area contributed by atoms with Crippen LogP contribution in [0.2, 0.25) is 0 Å². The quantitative estimate of drug-likeness (QED) is 0.0370. The Hall–Kier alpha value is -1.83. The summed E-state index contributed by atoms with van der Waals surface area (Å²) in [6, 6.07) is 0. The van der Waals surface area contributed by atoms with Crippen LogP contribution in [0.4, 0.5) is 4.79 Å². The van der Waals surface area contributed by atoms with Gasteiger partial charge in [0.1, 0.15) is 5.60 Å². The molecule has 0 heterocycles. The van der Waals surface area contributed by atoms with Crippen LogP contribution in [0.1, 0.15) is 269 Å². The number of alkyl carbamates (subject to hydrolysis) is 1.